The van der Waals surface area contributed by atoms with Crippen molar-refractivity contribution in [1.82, 2.24) is 9.13 Å². The summed E-state index contributed by atoms with van der Waals surface area (Å²) in [5, 5.41) is 9.88. The van der Waals surface area contributed by atoms with Crippen LogP contribution >= 0.6 is 11.3 Å². The van der Waals surface area contributed by atoms with Crippen LogP contribution in [0.15, 0.2) is 199 Å². The zero-order valence-corrected chi connectivity index (χ0v) is 32.0. The molecule has 0 N–H and O–H groups in total. The highest BCUT2D eigenvalue weighted by atomic mass is 32.1. The summed E-state index contributed by atoms with van der Waals surface area (Å²) in [6, 6.07) is 70.9. The normalized spacial score (nSPS) is 12.1. The molecule has 0 aliphatic rings. The highest BCUT2D eigenvalue weighted by Crippen LogP contribution is 2.42. The quantitative estimate of drug-likeness (QED) is 0.175. The highest BCUT2D eigenvalue weighted by molar-refractivity contribution is 7.25. The van der Waals surface area contributed by atoms with Gasteiger partial charge in [0.05, 0.1) is 22.1 Å². The van der Waals surface area contributed by atoms with E-state index in [-0.39, 0.29) is 0 Å². The lowest BCUT2D eigenvalue weighted by Gasteiger charge is -2.10. The number of aromatic nitrogens is 2. The third-order valence-corrected chi connectivity index (χ3v) is 13.3. The Labute approximate surface area is 336 Å². The molecule has 13 aromatic rings. The van der Waals surface area contributed by atoms with E-state index in [0.29, 0.717) is 0 Å². The molecule has 0 aliphatic heterocycles. The molecular weight excluding hydrogens is 725 g/mol. The maximum absolute atomic E-state index is 6.14. The lowest BCUT2D eigenvalue weighted by molar-refractivity contribution is 0.669. The van der Waals surface area contributed by atoms with E-state index in [0.717, 1.165) is 27.6 Å². The fourth-order valence-corrected chi connectivity index (χ4v) is 10.5. The summed E-state index contributed by atoms with van der Waals surface area (Å²) in [4.78, 5) is 0. The Morgan fingerprint density at radius 2 is 0.759 bits per heavy atom. The van der Waals surface area contributed by atoms with E-state index in [1.165, 1.54) is 91.7 Å². The first kappa shape index (κ1) is 31.8. The molecule has 0 aliphatic carbocycles. The Kier molecular flexibility index (Phi) is 6.60. The fourth-order valence-electron chi connectivity index (χ4n) is 9.43. The number of rotatable bonds is 4. The van der Waals surface area contributed by atoms with Gasteiger partial charge in [-0.15, -0.1) is 11.3 Å². The first-order valence-electron chi connectivity index (χ1n) is 19.7. The molecule has 0 atom stereocenters. The average molecular weight is 757 g/mol. The summed E-state index contributed by atoms with van der Waals surface area (Å²) in [5.41, 5.74) is 13.8. The van der Waals surface area contributed by atoms with Crippen LogP contribution in [-0.2, 0) is 0 Å². The first-order chi connectivity index (χ1) is 28.7. The van der Waals surface area contributed by atoms with Gasteiger partial charge in [0.2, 0.25) is 0 Å². The molecule has 0 saturated heterocycles. The molecule has 0 unspecified atom stereocenters. The highest BCUT2D eigenvalue weighted by Gasteiger charge is 2.17. The molecule has 270 valence electrons. The summed E-state index contributed by atoms with van der Waals surface area (Å²) >= 11 is 1.86. The summed E-state index contributed by atoms with van der Waals surface area (Å²) in [6.45, 7) is 0. The Bertz CT molecular complexity index is 3800. The minimum atomic E-state index is 0.920. The van der Waals surface area contributed by atoms with Crippen molar-refractivity contribution in [2.45, 2.75) is 0 Å². The molecule has 58 heavy (non-hydrogen) atoms. The summed E-state index contributed by atoms with van der Waals surface area (Å²) in [5.74, 6) is 0. The number of fused-ring (bicyclic) bond motifs is 12. The van der Waals surface area contributed by atoms with Crippen LogP contribution in [0.25, 0.3) is 119 Å². The summed E-state index contributed by atoms with van der Waals surface area (Å²) < 4.78 is 13.5. The van der Waals surface area contributed by atoms with Gasteiger partial charge in [-0.1, -0.05) is 97.1 Å². The van der Waals surface area contributed by atoms with Crippen molar-refractivity contribution in [2.24, 2.45) is 0 Å². The third kappa shape index (κ3) is 4.61. The standard InChI is InChI=1S/C54H32N2OS/c1-2-10-37(11-3-1)55-47-15-7-4-12-39(47)42-28-33(18-23-49(42)55)34-19-24-50-43(29-34)40-13-5-8-16-48(40)56(50)38-22-27-54-46(32-38)45-31-36(21-26-53(45)58-54)35-20-25-52-44(30-35)41-14-6-9-17-51(41)57-52/h1-32H. The molecule has 0 saturated carbocycles. The molecule has 0 bridgehead atoms. The number of hydrogen-bond donors (Lipinski definition) is 0. The van der Waals surface area contributed by atoms with Crippen molar-refractivity contribution in [2.75, 3.05) is 0 Å². The van der Waals surface area contributed by atoms with Gasteiger partial charge >= 0.3 is 0 Å². The van der Waals surface area contributed by atoms with Gasteiger partial charge in [0.25, 0.3) is 0 Å². The second-order valence-electron chi connectivity index (χ2n) is 15.3. The molecular formula is C54H32N2OS. The molecule has 4 heteroatoms. The summed E-state index contributed by atoms with van der Waals surface area (Å²) in [6.07, 6.45) is 0. The van der Waals surface area contributed by atoms with Crippen molar-refractivity contribution < 1.29 is 4.42 Å². The van der Waals surface area contributed by atoms with Gasteiger partial charge in [-0.25, -0.2) is 0 Å². The van der Waals surface area contributed by atoms with Crippen LogP contribution in [0, 0.1) is 0 Å². The van der Waals surface area contributed by atoms with E-state index in [2.05, 4.69) is 191 Å². The van der Waals surface area contributed by atoms with Gasteiger partial charge in [0, 0.05) is 63.9 Å². The number of nitrogens with zero attached hydrogens (tertiary/aromatic N) is 2. The van der Waals surface area contributed by atoms with Crippen molar-refractivity contribution in [1.29, 1.82) is 0 Å². The Hall–Kier alpha value is -7.40. The van der Waals surface area contributed by atoms with Crippen LogP contribution in [-0.4, -0.2) is 9.13 Å². The molecule has 9 aromatic carbocycles. The van der Waals surface area contributed by atoms with E-state index in [1.54, 1.807) is 0 Å². The summed E-state index contributed by atoms with van der Waals surface area (Å²) in [7, 11) is 0. The minimum absolute atomic E-state index is 0.920. The fraction of sp³-hybridized carbons (Fsp3) is 0. The smallest absolute Gasteiger partial charge is 0.135 e. The Balaban J connectivity index is 0.947. The first-order valence-corrected chi connectivity index (χ1v) is 20.6. The molecule has 4 heterocycles. The zero-order chi connectivity index (χ0) is 37.9. The molecule has 0 spiro atoms. The zero-order valence-electron chi connectivity index (χ0n) is 31.2. The van der Waals surface area contributed by atoms with Crippen LogP contribution in [0.1, 0.15) is 0 Å². The van der Waals surface area contributed by atoms with Crippen molar-refractivity contribution in [3.63, 3.8) is 0 Å². The lowest BCUT2D eigenvalue weighted by atomic mass is 10.0. The van der Waals surface area contributed by atoms with Crippen molar-refractivity contribution in [3.8, 4) is 33.6 Å². The monoisotopic (exact) mass is 756 g/mol. The topological polar surface area (TPSA) is 23.0 Å². The van der Waals surface area contributed by atoms with Gasteiger partial charge in [-0.3, -0.25) is 0 Å². The number of hydrogen-bond acceptors (Lipinski definition) is 2. The molecule has 0 amide bonds. The van der Waals surface area contributed by atoms with Gasteiger partial charge in [-0.05, 0) is 119 Å². The number of furan rings is 1. The minimum Gasteiger partial charge on any atom is -0.456 e. The predicted octanol–water partition coefficient (Wildman–Crippen LogP) is 15.5. The SMILES string of the molecule is c1ccc(-n2c3ccccc3c3cc(-c4ccc5c(c4)c4ccccc4n5-c4ccc5sc6ccc(-c7ccc8oc9ccccc9c8c7)cc6c5c4)ccc32)cc1. The number of para-hydroxylation sites is 4. The van der Waals surface area contributed by atoms with Gasteiger partial charge in [0.1, 0.15) is 11.2 Å². The van der Waals surface area contributed by atoms with Gasteiger partial charge in [-0.2, -0.15) is 0 Å². The molecule has 13 rings (SSSR count). The molecule has 0 radical (unpaired) electrons. The number of thiophene rings is 1. The van der Waals surface area contributed by atoms with Crippen LogP contribution < -0.4 is 0 Å². The van der Waals surface area contributed by atoms with Crippen molar-refractivity contribution in [3.05, 3.63) is 194 Å². The van der Waals surface area contributed by atoms with Crippen LogP contribution in [0.5, 0.6) is 0 Å². The Morgan fingerprint density at radius 1 is 0.293 bits per heavy atom. The second-order valence-corrected chi connectivity index (χ2v) is 16.4. The van der Waals surface area contributed by atoms with Crippen molar-refractivity contribution >= 4 is 97.1 Å². The third-order valence-electron chi connectivity index (χ3n) is 12.1. The molecule has 0 fully saturated rings. The van der Waals surface area contributed by atoms with Crippen LogP contribution in [0.4, 0.5) is 0 Å². The van der Waals surface area contributed by atoms with Gasteiger partial charge < -0.3 is 13.6 Å². The largest absolute Gasteiger partial charge is 0.456 e. The van der Waals surface area contributed by atoms with Gasteiger partial charge in [0.15, 0.2) is 0 Å². The Morgan fingerprint density at radius 3 is 1.45 bits per heavy atom. The van der Waals surface area contributed by atoms with Crippen LogP contribution in [0.3, 0.4) is 0 Å². The van der Waals surface area contributed by atoms with E-state index >= 15 is 0 Å². The van der Waals surface area contributed by atoms with E-state index in [4.69, 9.17) is 4.42 Å². The maximum Gasteiger partial charge on any atom is 0.135 e. The lowest BCUT2D eigenvalue weighted by Crippen LogP contribution is -1.93. The van der Waals surface area contributed by atoms with E-state index < -0.39 is 0 Å². The van der Waals surface area contributed by atoms with E-state index in [1.807, 2.05) is 23.5 Å². The predicted molar refractivity (Wildman–Crippen MR) is 246 cm³/mol. The molecule has 3 nitrogen and oxygen atoms in total. The van der Waals surface area contributed by atoms with Crippen LogP contribution in [0.2, 0.25) is 0 Å². The van der Waals surface area contributed by atoms with E-state index in [9.17, 15) is 0 Å². The number of benzene rings is 9. The molecule has 4 aromatic heterocycles. The maximum atomic E-state index is 6.14. The average Bonchev–Trinajstić information content (AvgIpc) is 4.03. The second kappa shape index (κ2) is 12.1.